The molecule has 2 aromatic heterocycles. The molecule has 1 aliphatic rings. The lowest BCUT2D eigenvalue weighted by Gasteiger charge is -2.35. The van der Waals surface area contributed by atoms with Crippen molar-refractivity contribution in [3.05, 3.63) is 18.6 Å². The van der Waals surface area contributed by atoms with E-state index >= 15 is 0 Å². The van der Waals surface area contributed by atoms with Gasteiger partial charge in [0.15, 0.2) is 0 Å². The van der Waals surface area contributed by atoms with Crippen LogP contribution in [0.3, 0.4) is 0 Å². The van der Waals surface area contributed by atoms with Crippen LogP contribution in [-0.4, -0.2) is 21.5 Å². The van der Waals surface area contributed by atoms with E-state index in [1.165, 1.54) is 25.7 Å². The van der Waals surface area contributed by atoms with Gasteiger partial charge in [-0.3, -0.25) is 0 Å². The molecule has 0 amide bonds. The minimum Gasteiger partial charge on any atom is -0.369 e. The molecule has 1 unspecified atom stereocenters. The Morgan fingerprint density at radius 3 is 3.16 bits per heavy atom. The summed E-state index contributed by atoms with van der Waals surface area (Å²) in [5, 5.41) is 4.59. The molecule has 0 radical (unpaired) electrons. The second-order valence-electron chi connectivity index (χ2n) is 6.47. The van der Waals surface area contributed by atoms with Crippen LogP contribution in [0.4, 0.5) is 5.82 Å². The number of aromatic nitrogens is 3. The van der Waals surface area contributed by atoms with E-state index in [4.69, 9.17) is 0 Å². The van der Waals surface area contributed by atoms with Gasteiger partial charge in [0.25, 0.3) is 0 Å². The number of fused-ring (bicyclic) bond motifs is 1. The van der Waals surface area contributed by atoms with Crippen molar-refractivity contribution in [2.75, 3.05) is 11.9 Å². The number of hydrogen-bond donors (Lipinski definition) is 2. The van der Waals surface area contributed by atoms with E-state index in [9.17, 15) is 0 Å². The van der Waals surface area contributed by atoms with E-state index in [2.05, 4.69) is 34.1 Å². The Morgan fingerprint density at radius 1 is 1.42 bits per heavy atom. The molecule has 2 N–H and O–H groups in total. The minimum absolute atomic E-state index is 0.500. The molecule has 0 aliphatic heterocycles. The van der Waals surface area contributed by atoms with Crippen molar-refractivity contribution >= 4 is 16.9 Å². The predicted molar refractivity (Wildman–Crippen MR) is 78.1 cm³/mol. The van der Waals surface area contributed by atoms with Crippen molar-refractivity contribution in [3.63, 3.8) is 0 Å². The Bertz CT molecular complexity index is 558. The highest BCUT2D eigenvalue weighted by Crippen LogP contribution is 2.38. The molecule has 0 bridgehead atoms. The van der Waals surface area contributed by atoms with E-state index < -0.39 is 0 Å². The van der Waals surface area contributed by atoms with Crippen LogP contribution < -0.4 is 5.32 Å². The molecule has 0 spiro atoms. The maximum absolute atomic E-state index is 4.36. The standard InChI is InChI=1S/C15H22N4/c1-15(2)6-3-4-11(8-15)9-17-14-12-5-7-16-13(12)18-10-19-14/h5,7,10-11H,3-4,6,8-9H2,1-2H3,(H2,16,17,18,19). The molecule has 3 rings (SSSR count). The van der Waals surface area contributed by atoms with Crippen molar-refractivity contribution in [2.24, 2.45) is 11.3 Å². The molecule has 4 nitrogen and oxygen atoms in total. The van der Waals surface area contributed by atoms with Crippen molar-refractivity contribution in [3.8, 4) is 0 Å². The molecule has 1 aliphatic carbocycles. The van der Waals surface area contributed by atoms with Gasteiger partial charge in [-0.1, -0.05) is 20.3 Å². The molecule has 19 heavy (non-hydrogen) atoms. The van der Waals surface area contributed by atoms with Gasteiger partial charge in [-0.15, -0.1) is 0 Å². The maximum Gasteiger partial charge on any atom is 0.142 e. The summed E-state index contributed by atoms with van der Waals surface area (Å²) in [5.41, 5.74) is 1.40. The lowest BCUT2D eigenvalue weighted by Crippen LogP contribution is -2.27. The first-order valence-corrected chi connectivity index (χ1v) is 7.16. The quantitative estimate of drug-likeness (QED) is 0.884. The average Bonchev–Trinajstić information content (AvgIpc) is 2.84. The summed E-state index contributed by atoms with van der Waals surface area (Å²) in [6.07, 6.45) is 8.88. The second-order valence-corrected chi connectivity index (χ2v) is 6.47. The van der Waals surface area contributed by atoms with Crippen LogP contribution in [0.15, 0.2) is 18.6 Å². The molecule has 102 valence electrons. The third kappa shape index (κ3) is 2.72. The number of hydrogen-bond acceptors (Lipinski definition) is 3. The third-order valence-electron chi connectivity index (χ3n) is 4.22. The first-order valence-electron chi connectivity index (χ1n) is 7.16. The summed E-state index contributed by atoms with van der Waals surface area (Å²) in [7, 11) is 0. The molecule has 4 heteroatoms. The summed E-state index contributed by atoms with van der Waals surface area (Å²) in [6, 6.07) is 2.03. The molecular formula is C15H22N4. The van der Waals surface area contributed by atoms with Crippen LogP contribution in [0.5, 0.6) is 0 Å². The molecule has 0 aromatic carbocycles. The number of aromatic amines is 1. The smallest absolute Gasteiger partial charge is 0.142 e. The average molecular weight is 258 g/mol. The Morgan fingerprint density at radius 2 is 2.32 bits per heavy atom. The van der Waals surface area contributed by atoms with Crippen molar-refractivity contribution in [1.82, 2.24) is 15.0 Å². The van der Waals surface area contributed by atoms with Crippen LogP contribution in [0, 0.1) is 11.3 Å². The van der Waals surface area contributed by atoms with Gasteiger partial charge >= 0.3 is 0 Å². The van der Waals surface area contributed by atoms with Crippen molar-refractivity contribution < 1.29 is 0 Å². The minimum atomic E-state index is 0.500. The van der Waals surface area contributed by atoms with E-state index in [0.717, 1.165) is 29.3 Å². The zero-order chi connectivity index (χ0) is 13.3. The monoisotopic (exact) mass is 258 g/mol. The highest BCUT2D eigenvalue weighted by Gasteiger charge is 2.27. The fraction of sp³-hybridized carbons (Fsp3) is 0.600. The number of anilines is 1. The lowest BCUT2D eigenvalue weighted by molar-refractivity contribution is 0.187. The number of rotatable bonds is 3. The first kappa shape index (κ1) is 12.5. The molecule has 2 aromatic rings. The summed E-state index contributed by atoms with van der Waals surface area (Å²) in [6.45, 7) is 5.78. The lowest BCUT2D eigenvalue weighted by atomic mass is 9.72. The molecule has 1 saturated carbocycles. The SMILES string of the molecule is CC1(C)CCCC(CNc2ncnc3[nH]ccc23)C1. The molecule has 2 heterocycles. The fourth-order valence-corrected chi connectivity index (χ4v) is 3.28. The zero-order valence-corrected chi connectivity index (χ0v) is 11.7. The third-order valence-corrected chi connectivity index (χ3v) is 4.22. The summed E-state index contributed by atoms with van der Waals surface area (Å²) < 4.78 is 0. The van der Waals surface area contributed by atoms with Crippen LogP contribution >= 0.6 is 0 Å². The van der Waals surface area contributed by atoms with Gasteiger partial charge in [0.1, 0.15) is 17.8 Å². The summed E-state index contributed by atoms with van der Waals surface area (Å²) in [5.74, 6) is 1.71. The zero-order valence-electron chi connectivity index (χ0n) is 11.7. The van der Waals surface area contributed by atoms with Gasteiger partial charge in [-0.25, -0.2) is 9.97 Å². The molecular weight excluding hydrogens is 236 g/mol. The van der Waals surface area contributed by atoms with Gasteiger partial charge in [0, 0.05) is 12.7 Å². The van der Waals surface area contributed by atoms with E-state index in [-0.39, 0.29) is 0 Å². The number of nitrogens with zero attached hydrogens (tertiary/aromatic N) is 2. The van der Waals surface area contributed by atoms with Crippen LogP contribution in [-0.2, 0) is 0 Å². The predicted octanol–water partition coefficient (Wildman–Crippen LogP) is 3.59. The Labute approximate surface area is 114 Å². The van der Waals surface area contributed by atoms with Gasteiger partial charge in [-0.05, 0) is 36.7 Å². The highest BCUT2D eigenvalue weighted by atomic mass is 15.0. The Kier molecular flexibility index (Phi) is 3.17. The van der Waals surface area contributed by atoms with E-state index in [1.807, 2.05) is 12.3 Å². The van der Waals surface area contributed by atoms with Crippen molar-refractivity contribution in [2.45, 2.75) is 39.5 Å². The van der Waals surface area contributed by atoms with Gasteiger partial charge in [0.2, 0.25) is 0 Å². The van der Waals surface area contributed by atoms with Crippen LogP contribution in [0.25, 0.3) is 11.0 Å². The first-order chi connectivity index (χ1) is 9.14. The van der Waals surface area contributed by atoms with Crippen LogP contribution in [0.1, 0.15) is 39.5 Å². The largest absolute Gasteiger partial charge is 0.369 e. The number of nitrogens with one attached hydrogen (secondary N) is 2. The van der Waals surface area contributed by atoms with Gasteiger partial charge in [-0.2, -0.15) is 0 Å². The highest BCUT2D eigenvalue weighted by molar-refractivity contribution is 5.86. The van der Waals surface area contributed by atoms with Crippen molar-refractivity contribution in [1.29, 1.82) is 0 Å². The van der Waals surface area contributed by atoms with Gasteiger partial charge in [0.05, 0.1) is 5.39 Å². The summed E-state index contributed by atoms with van der Waals surface area (Å²) >= 11 is 0. The van der Waals surface area contributed by atoms with E-state index in [1.54, 1.807) is 6.33 Å². The fourth-order valence-electron chi connectivity index (χ4n) is 3.28. The molecule has 1 atom stereocenters. The van der Waals surface area contributed by atoms with Gasteiger partial charge < -0.3 is 10.3 Å². The topological polar surface area (TPSA) is 53.6 Å². The van der Waals surface area contributed by atoms with E-state index in [0.29, 0.717) is 5.41 Å². The summed E-state index contributed by atoms with van der Waals surface area (Å²) in [4.78, 5) is 11.7. The molecule has 1 fully saturated rings. The molecule has 0 saturated heterocycles. The Balaban J connectivity index is 1.67. The second kappa shape index (κ2) is 4.83. The maximum atomic E-state index is 4.36. The van der Waals surface area contributed by atoms with Crippen LogP contribution in [0.2, 0.25) is 0 Å². The normalized spacial score (nSPS) is 22.5. The Hall–Kier alpha value is -1.58. The number of H-pyrrole nitrogens is 1.